The molecule has 0 aliphatic heterocycles. The molecule has 0 aromatic rings. The Morgan fingerprint density at radius 3 is 2.45 bits per heavy atom. The van der Waals surface area contributed by atoms with Crippen molar-refractivity contribution < 1.29 is 4.74 Å². The van der Waals surface area contributed by atoms with E-state index in [1.165, 1.54) is 5.57 Å². The van der Waals surface area contributed by atoms with Gasteiger partial charge in [0.25, 0.3) is 0 Å². The zero-order chi connectivity index (χ0) is 8.85. The molecule has 0 spiro atoms. The topological polar surface area (TPSA) is 9.23 Å². The number of methoxy groups -OCH3 is 1. The van der Waals surface area contributed by atoms with Gasteiger partial charge in [-0.2, -0.15) is 0 Å². The van der Waals surface area contributed by atoms with Crippen LogP contribution in [0.2, 0.25) is 0 Å². The van der Waals surface area contributed by atoms with E-state index in [9.17, 15) is 0 Å². The van der Waals surface area contributed by atoms with Crippen molar-refractivity contribution in [3.63, 3.8) is 0 Å². The van der Waals surface area contributed by atoms with Crippen LogP contribution >= 0.6 is 15.9 Å². The highest BCUT2D eigenvalue weighted by Crippen LogP contribution is 2.13. The monoisotopic (exact) mass is 216 g/mol. The summed E-state index contributed by atoms with van der Waals surface area (Å²) < 4.78 is 5.80. The first-order chi connectivity index (χ1) is 5.06. The summed E-state index contributed by atoms with van der Waals surface area (Å²) >= 11 is 3.25. The largest absolute Gasteiger partial charge is 0.501 e. The van der Waals surface area contributed by atoms with E-state index < -0.39 is 0 Å². The van der Waals surface area contributed by atoms with E-state index in [4.69, 9.17) is 4.74 Å². The molecule has 0 unspecified atom stereocenters. The maximum atomic E-state index is 4.92. The molecule has 0 aliphatic carbocycles. The molecule has 0 aliphatic rings. The summed E-state index contributed by atoms with van der Waals surface area (Å²) in [6.45, 7) is 9.42. The standard InChI is InChI=1S/C9H13BrO/c1-7(5-8(2)10)6-9(3)11-4/h5H,2-3,6H2,1,4H3. The highest BCUT2D eigenvalue weighted by atomic mass is 79.9. The van der Waals surface area contributed by atoms with Crippen LogP contribution in [0, 0.1) is 0 Å². The molecule has 0 aromatic carbocycles. The second kappa shape index (κ2) is 5.19. The second-order valence-corrected chi connectivity index (χ2v) is 3.38. The Morgan fingerprint density at radius 1 is 1.55 bits per heavy atom. The SMILES string of the molecule is C=C(Br)C=C(C)CC(=C)OC. The Bertz CT molecular complexity index is 192. The van der Waals surface area contributed by atoms with Gasteiger partial charge in [0.05, 0.1) is 12.9 Å². The third kappa shape index (κ3) is 5.92. The lowest BCUT2D eigenvalue weighted by Crippen LogP contribution is -1.85. The van der Waals surface area contributed by atoms with Crippen molar-refractivity contribution in [2.24, 2.45) is 0 Å². The van der Waals surface area contributed by atoms with Gasteiger partial charge in [-0.25, -0.2) is 0 Å². The van der Waals surface area contributed by atoms with E-state index in [0.29, 0.717) is 0 Å². The Morgan fingerprint density at radius 2 is 2.09 bits per heavy atom. The van der Waals surface area contributed by atoms with E-state index in [-0.39, 0.29) is 0 Å². The molecule has 0 atom stereocenters. The van der Waals surface area contributed by atoms with Gasteiger partial charge >= 0.3 is 0 Å². The Balaban J connectivity index is 3.96. The molecule has 0 N–H and O–H groups in total. The van der Waals surface area contributed by atoms with Crippen LogP contribution in [0.1, 0.15) is 13.3 Å². The summed E-state index contributed by atoms with van der Waals surface area (Å²) in [5.74, 6) is 0.771. The fraction of sp³-hybridized carbons (Fsp3) is 0.333. The summed E-state index contributed by atoms with van der Waals surface area (Å²) in [5, 5.41) is 0. The molecule has 0 radical (unpaired) electrons. The minimum atomic E-state index is 0.765. The summed E-state index contributed by atoms with van der Waals surface area (Å²) in [7, 11) is 1.62. The van der Waals surface area contributed by atoms with Gasteiger partial charge in [0, 0.05) is 10.9 Å². The number of rotatable bonds is 4. The van der Waals surface area contributed by atoms with Gasteiger partial charge < -0.3 is 4.74 Å². The van der Waals surface area contributed by atoms with E-state index in [0.717, 1.165) is 16.7 Å². The zero-order valence-electron chi connectivity index (χ0n) is 6.98. The van der Waals surface area contributed by atoms with Crippen molar-refractivity contribution >= 4 is 15.9 Å². The van der Waals surface area contributed by atoms with Gasteiger partial charge in [-0.1, -0.05) is 34.7 Å². The molecule has 0 aromatic heterocycles. The Labute approximate surface area is 76.6 Å². The van der Waals surface area contributed by atoms with Crippen LogP contribution in [0.15, 0.2) is 35.0 Å². The lowest BCUT2D eigenvalue weighted by Gasteiger charge is -2.03. The maximum Gasteiger partial charge on any atom is 0.0924 e. The predicted octanol–water partition coefficient (Wildman–Crippen LogP) is 3.39. The fourth-order valence-corrected chi connectivity index (χ4v) is 1.09. The van der Waals surface area contributed by atoms with Crippen molar-refractivity contribution in [2.45, 2.75) is 13.3 Å². The Kier molecular flexibility index (Phi) is 4.95. The van der Waals surface area contributed by atoms with Crippen LogP contribution in [0.25, 0.3) is 0 Å². The van der Waals surface area contributed by atoms with E-state index in [2.05, 4.69) is 29.1 Å². The lowest BCUT2D eigenvalue weighted by atomic mass is 10.2. The molecule has 0 bridgehead atoms. The minimum Gasteiger partial charge on any atom is -0.501 e. The van der Waals surface area contributed by atoms with E-state index in [1.807, 2.05) is 13.0 Å². The molecule has 0 fully saturated rings. The average Bonchev–Trinajstić information content (AvgIpc) is 1.85. The minimum absolute atomic E-state index is 0.765. The van der Waals surface area contributed by atoms with Gasteiger partial charge in [0.1, 0.15) is 0 Å². The molecule has 1 nitrogen and oxygen atoms in total. The third-order valence-electron chi connectivity index (χ3n) is 1.17. The number of halogens is 1. The zero-order valence-corrected chi connectivity index (χ0v) is 8.57. The van der Waals surface area contributed by atoms with Gasteiger partial charge in [-0.15, -0.1) is 0 Å². The summed E-state index contributed by atoms with van der Waals surface area (Å²) in [5.41, 5.74) is 1.18. The van der Waals surface area contributed by atoms with Gasteiger partial charge in [0.2, 0.25) is 0 Å². The Hall–Kier alpha value is -0.500. The molecule has 0 saturated carbocycles. The number of hydrogen-bond donors (Lipinski definition) is 0. The van der Waals surface area contributed by atoms with Gasteiger partial charge in [0.15, 0.2) is 0 Å². The van der Waals surface area contributed by atoms with Crippen molar-refractivity contribution in [2.75, 3.05) is 7.11 Å². The molecule has 11 heavy (non-hydrogen) atoms. The summed E-state index contributed by atoms with van der Waals surface area (Å²) in [6.07, 6.45) is 2.71. The first-order valence-electron chi connectivity index (χ1n) is 3.29. The molecular weight excluding hydrogens is 204 g/mol. The van der Waals surface area contributed by atoms with E-state index >= 15 is 0 Å². The van der Waals surface area contributed by atoms with Crippen molar-refractivity contribution in [3.05, 3.63) is 35.0 Å². The highest BCUT2D eigenvalue weighted by Gasteiger charge is 1.94. The van der Waals surface area contributed by atoms with Crippen LogP contribution in [-0.4, -0.2) is 7.11 Å². The third-order valence-corrected chi connectivity index (χ3v) is 1.40. The number of ether oxygens (including phenoxy) is 1. The maximum absolute atomic E-state index is 4.92. The smallest absolute Gasteiger partial charge is 0.0924 e. The highest BCUT2D eigenvalue weighted by molar-refractivity contribution is 9.11. The van der Waals surface area contributed by atoms with E-state index in [1.54, 1.807) is 7.11 Å². The summed E-state index contributed by atoms with van der Waals surface area (Å²) in [6, 6.07) is 0. The van der Waals surface area contributed by atoms with Crippen LogP contribution in [0.5, 0.6) is 0 Å². The molecule has 0 amide bonds. The van der Waals surface area contributed by atoms with Crippen LogP contribution in [0.4, 0.5) is 0 Å². The second-order valence-electron chi connectivity index (χ2n) is 2.36. The molecule has 2 heteroatoms. The van der Waals surface area contributed by atoms with Gasteiger partial charge in [-0.05, 0) is 13.0 Å². The fourth-order valence-electron chi connectivity index (χ4n) is 0.702. The lowest BCUT2D eigenvalue weighted by molar-refractivity contribution is 0.285. The average molecular weight is 217 g/mol. The molecule has 62 valence electrons. The molecular formula is C9H13BrO. The molecule has 0 saturated heterocycles. The first-order valence-corrected chi connectivity index (χ1v) is 4.09. The van der Waals surface area contributed by atoms with Crippen LogP contribution < -0.4 is 0 Å². The van der Waals surface area contributed by atoms with Gasteiger partial charge in [-0.3, -0.25) is 0 Å². The predicted molar refractivity (Wildman–Crippen MR) is 52.6 cm³/mol. The molecule has 0 heterocycles. The molecule has 0 rings (SSSR count). The van der Waals surface area contributed by atoms with Crippen molar-refractivity contribution in [1.82, 2.24) is 0 Å². The first kappa shape index (κ1) is 10.5. The quantitative estimate of drug-likeness (QED) is 0.518. The van der Waals surface area contributed by atoms with Crippen molar-refractivity contribution in [1.29, 1.82) is 0 Å². The number of hydrogen-bond acceptors (Lipinski definition) is 1. The normalized spacial score (nSPS) is 11.0. The number of allylic oxidation sites excluding steroid dienone is 3. The van der Waals surface area contributed by atoms with Crippen LogP contribution in [0.3, 0.4) is 0 Å². The van der Waals surface area contributed by atoms with Crippen LogP contribution in [-0.2, 0) is 4.74 Å². The van der Waals surface area contributed by atoms with Crippen molar-refractivity contribution in [3.8, 4) is 0 Å². The summed E-state index contributed by atoms with van der Waals surface area (Å²) in [4.78, 5) is 0.